The highest BCUT2D eigenvalue weighted by Crippen LogP contribution is 2.27. The zero-order valence-electron chi connectivity index (χ0n) is 13.4. The molecule has 1 amide bonds. The predicted molar refractivity (Wildman–Crippen MR) is 88.1 cm³/mol. The van der Waals surface area contributed by atoms with Gasteiger partial charge in [0, 0.05) is 5.69 Å². The van der Waals surface area contributed by atoms with Crippen LogP contribution in [0.25, 0.3) is 0 Å². The summed E-state index contributed by atoms with van der Waals surface area (Å²) in [6.45, 7) is 4.05. The van der Waals surface area contributed by atoms with E-state index < -0.39 is 0 Å². The number of benzene rings is 2. The van der Waals surface area contributed by atoms with Crippen LogP contribution in [0.15, 0.2) is 36.4 Å². The number of hydrogen-bond acceptors (Lipinski definition) is 3. The average Bonchev–Trinajstić information content (AvgIpc) is 2.55. The topological polar surface area (TPSA) is 47.6 Å². The van der Waals surface area contributed by atoms with Gasteiger partial charge in [0.05, 0.1) is 19.8 Å². The fraction of sp³-hybridized carbons (Fsp3) is 0.278. The van der Waals surface area contributed by atoms with Crippen molar-refractivity contribution in [2.24, 2.45) is 0 Å². The molecule has 0 bridgehead atoms. The fourth-order valence-corrected chi connectivity index (χ4v) is 2.37. The number of carbonyl (C=O) groups excluding carboxylic acids is 1. The molecule has 0 fully saturated rings. The first-order valence-electron chi connectivity index (χ1n) is 7.22. The first-order valence-corrected chi connectivity index (χ1v) is 7.22. The Morgan fingerprint density at radius 1 is 1.14 bits per heavy atom. The van der Waals surface area contributed by atoms with Gasteiger partial charge in [0.15, 0.2) is 0 Å². The van der Waals surface area contributed by atoms with E-state index in [0.717, 1.165) is 23.2 Å². The minimum atomic E-state index is -0.209. The van der Waals surface area contributed by atoms with Gasteiger partial charge in [-0.15, -0.1) is 0 Å². The molecule has 0 aromatic heterocycles. The summed E-state index contributed by atoms with van der Waals surface area (Å²) >= 11 is 0. The van der Waals surface area contributed by atoms with Crippen LogP contribution in [-0.4, -0.2) is 20.1 Å². The zero-order chi connectivity index (χ0) is 16.1. The molecule has 0 radical (unpaired) electrons. The third-order valence-electron chi connectivity index (χ3n) is 3.63. The Bertz CT molecular complexity index is 680. The Morgan fingerprint density at radius 3 is 2.55 bits per heavy atom. The maximum absolute atomic E-state index is 12.6. The van der Waals surface area contributed by atoms with Crippen molar-refractivity contribution in [3.8, 4) is 11.5 Å². The van der Waals surface area contributed by atoms with Crippen molar-refractivity contribution in [1.29, 1.82) is 0 Å². The molecule has 1 N–H and O–H groups in total. The Kier molecular flexibility index (Phi) is 5.04. The van der Waals surface area contributed by atoms with Crippen LogP contribution in [-0.2, 0) is 6.42 Å². The van der Waals surface area contributed by atoms with Crippen molar-refractivity contribution in [2.75, 3.05) is 19.5 Å². The Morgan fingerprint density at radius 2 is 1.91 bits per heavy atom. The summed E-state index contributed by atoms with van der Waals surface area (Å²) in [4.78, 5) is 12.6. The lowest BCUT2D eigenvalue weighted by Gasteiger charge is -2.15. The van der Waals surface area contributed by atoms with E-state index in [1.807, 2.05) is 25.1 Å². The molecule has 4 heteroatoms. The summed E-state index contributed by atoms with van der Waals surface area (Å²) in [6.07, 6.45) is 0.854. The molecule has 0 atom stereocenters. The number of para-hydroxylation sites is 1. The van der Waals surface area contributed by atoms with E-state index in [4.69, 9.17) is 9.47 Å². The van der Waals surface area contributed by atoms with Crippen LogP contribution in [0.5, 0.6) is 11.5 Å². The molecule has 0 aliphatic rings. The van der Waals surface area contributed by atoms with Gasteiger partial charge in [-0.05, 0) is 42.7 Å². The number of carbonyl (C=O) groups is 1. The second kappa shape index (κ2) is 6.98. The van der Waals surface area contributed by atoms with Crippen LogP contribution in [0.4, 0.5) is 5.69 Å². The molecule has 2 aromatic rings. The highest BCUT2D eigenvalue weighted by molar-refractivity contribution is 6.07. The number of methoxy groups -OCH3 is 2. The fourth-order valence-electron chi connectivity index (χ4n) is 2.37. The third kappa shape index (κ3) is 3.22. The summed E-state index contributed by atoms with van der Waals surface area (Å²) in [6, 6.07) is 11.2. The number of amides is 1. The van der Waals surface area contributed by atoms with Gasteiger partial charge in [-0.2, -0.15) is 0 Å². The normalized spacial score (nSPS) is 10.2. The van der Waals surface area contributed by atoms with Gasteiger partial charge in [-0.25, -0.2) is 0 Å². The Hall–Kier alpha value is -2.49. The van der Waals surface area contributed by atoms with Crippen LogP contribution in [0.1, 0.15) is 28.4 Å². The molecular formula is C18H21NO3. The molecule has 2 aromatic carbocycles. The summed E-state index contributed by atoms with van der Waals surface area (Å²) < 4.78 is 10.5. The van der Waals surface area contributed by atoms with Gasteiger partial charge in [-0.3, -0.25) is 4.79 Å². The zero-order valence-corrected chi connectivity index (χ0v) is 13.4. The standard InChI is InChI=1S/C18H21NO3/c1-5-13-8-6-7-12(2)17(13)19-18(20)15-11-14(21-3)9-10-16(15)22-4/h6-11H,5H2,1-4H3,(H,19,20). The molecule has 4 nitrogen and oxygen atoms in total. The molecule has 0 unspecified atom stereocenters. The van der Waals surface area contributed by atoms with Crippen molar-refractivity contribution < 1.29 is 14.3 Å². The minimum absolute atomic E-state index is 0.209. The van der Waals surface area contributed by atoms with Crippen molar-refractivity contribution in [3.63, 3.8) is 0 Å². The molecule has 0 aliphatic heterocycles. The van der Waals surface area contributed by atoms with Gasteiger partial charge >= 0.3 is 0 Å². The summed E-state index contributed by atoms with van der Waals surface area (Å²) in [5.74, 6) is 0.927. The van der Waals surface area contributed by atoms with Crippen LogP contribution >= 0.6 is 0 Å². The number of hydrogen-bond donors (Lipinski definition) is 1. The molecule has 0 heterocycles. The lowest BCUT2D eigenvalue weighted by Crippen LogP contribution is -2.15. The largest absolute Gasteiger partial charge is 0.497 e. The predicted octanol–water partition coefficient (Wildman–Crippen LogP) is 3.83. The maximum atomic E-state index is 12.6. The molecule has 0 spiro atoms. The van der Waals surface area contributed by atoms with E-state index in [1.54, 1.807) is 32.4 Å². The van der Waals surface area contributed by atoms with E-state index >= 15 is 0 Å². The van der Waals surface area contributed by atoms with Crippen molar-refractivity contribution >= 4 is 11.6 Å². The highest BCUT2D eigenvalue weighted by Gasteiger charge is 2.16. The molecule has 2 rings (SSSR count). The summed E-state index contributed by atoms with van der Waals surface area (Å²) in [5.41, 5.74) is 3.46. The number of nitrogens with one attached hydrogen (secondary N) is 1. The molecule has 0 aliphatic carbocycles. The quantitative estimate of drug-likeness (QED) is 0.913. The van der Waals surface area contributed by atoms with Crippen LogP contribution < -0.4 is 14.8 Å². The molecular weight excluding hydrogens is 278 g/mol. The van der Waals surface area contributed by atoms with Crippen LogP contribution in [0.2, 0.25) is 0 Å². The summed E-state index contributed by atoms with van der Waals surface area (Å²) in [7, 11) is 3.11. The molecule has 0 saturated heterocycles. The van der Waals surface area contributed by atoms with Gasteiger partial charge < -0.3 is 14.8 Å². The van der Waals surface area contributed by atoms with E-state index in [2.05, 4.69) is 12.2 Å². The maximum Gasteiger partial charge on any atom is 0.259 e. The van der Waals surface area contributed by atoms with Gasteiger partial charge in [0.2, 0.25) is 0 Å². The minimum Gasteiger partial charge on any atom is -0.497 e. The highest BCUT2D eigenvalue weighted by atomic mass is 16.5. The number of ether oxygens (including phenoxy) is 2. The van der Waals surface area contributed by atoms with E-state index in [0.29, 0.717) is 17.1 Å². The Labute approximate surface area is 131 Å². The van der Waals surface area contributed by atoms with E-state index in [1.165, 1.54) is 0 Å². The second-order valence-electron chi connectivity index (χ2n) is 4.98. The molecule has 116 valence electrons. The van der Waals surface area contributed by atoms with Crippen molar-refractivity contribution in [1.82, 2.24) is 0 Å². The first kappa shape index (κ1) is 15.9. The smallest absolute Gasteiger partial charge is 0.259 e. The average molecular weight is 299 g/mol. The van der Waals surface area contributed by atoms with Crippen molar-refractivity contribution in [3.05, 3.63) is 53.1 Å². The van der Waals surface area contributed by atoms with Crippen LogP contribution in [0, 0.1) is 6.92 Å². The third-order valence-corrected chi connectivity index (χ3v) is 3.63. The Balaban J connectivity index is 2.37. The first-order chi connectivity index (χ1) is 10.6. The molecule has 0 saturated carbocycles. The lowest BCUT2D eigenvalue weighted by molar-refractivity contribution is 0.102. The summed E-state index contributed by atoms with van der Waals surface area (Å²) in [5, 5.41) is 3.00. The SMILES string of the molecule is CCc1cccc(C)c1NC(=O)c1cc(OC)ccc1OC. The number of aryl methyl sites for hydroxylation is 2. The van der Waals surface area contributed by atoms with E-state index in [9.17, 15) is 4.79 Å². The van der Waals surface area contributed by atoms with Gasteiger partial charge in [0.25, 0.3) is 5.91 Å². The van der Waals surface area contributed by atoms with Crippen LogP contribution in [0.3, 0.4) is 0 Å². The monoisotopic (exact) mass is 299 g/mol. The van der Waals surface area contributed by atoms with Gasteiger partial charge in [0.1, 0.15) is 11.5 Å². The van der Waals surface area contributed by atoms with Crippen molar-refractivity contribution in [2.45, 2.75) is 20.3 Å². The number of rotatable bonds is 5. The molecule has 22 heavy (non-hydrogen) atoms. The lowest BCUT2D eigenvalue weighted by atomic mass is 10.1. The number of anilines is 1. The second-order valence-corrected chi connectivity index (χ2v) is 4.98. The van der Waals surface area contributed by atoms with Gasteiger partial charge in [-0.1, -0.05) is 25.1 Å². The van der Waals surface area contributed by atoms with E-state index in [-0.39, 0.29) is 5.91 Å².